The number of fused-ring (bicyclic) bond motifs is 1. The molecule has 1 aromatic heterocycles. The lowest BCUT2D eigenvalue weighted by Gasteiger charge is -2.34. The first-order valence-corrected chi connectivity index (χ1v) is 7.47. The van der Waals surface area contributed by atoms with Gasteiger partial charge in [-0.15, -0.1) is 24.8 Å². The standard InChI is InChI=1S/C16H20N2O4.2ClH/c19-8-7-17-3-5-18(6-4-17)11-12-9-16(21)22-15-2-1-13(20)10-14(12)15;;/h1-2,9-10,19-20H,3-8,11H2;2*1H. The van der Waals surface area contributed by atoms with E-state index in [0.717, 1.165) is 37.1 Å². The molecule has 0 spiro atoms. The molecule has 2 N–H and O–H groups in total. The largest absolute Gasteiger partial charge is 0.508 e. The summed E-state index contributed by atoms with van der Waals surface area (Å²) in [6, 6.07) is 6.27. The van der Waals surface area contributed by atoms with Gasteiger partial charge in [-0.3, -0.25) is 9.80 Å². The molecule has 6 nitrogen and oxygen atoms in total. The summed E-state index contributed by atoms with van der Waals surface area (Å²) >= 11 is 0. The van der Waals surface area contributed by atoms with Crippen LogP contribution in [-0.2, 0) is 6.54 Å². The first kappa shape index (κ1) is 20.7. The van der Waals surface area contributed by atoms with E-state index in [9.17, 15) is 9.90 Å². The quantitative estimate of drug-likeness (QED) is 0.786. The van der Waals surface area contributed by atoms with Crippen LogP contribution in [0.15, 0.2) is 33.5 Å². The van der Waals surface area contributed by atoms with E-state index in [1.54, 1.807) is 12.1 Å². The minimum Gasteiger partial charge on any atom is -0.508 e. The Hall–Kier alpha value is -1.31. The van der Waals surface area contributed by atoms with Crippen LogP contribution in [0.3, 0.4) is 0 Å². The molecule has 0 aliphatic carbocycles. The summed E-state index contributed by atoms with van der Waals surface area (Å²) < 4.78 is 5.17. The summed E-state index contributed by atoms with van der Waals surface area (Å²) in [7, 11) is 0. The highest BCUT2D eigenvalue weighted by molar-refractivity contribution is 5.85. The highest BCUT2D eigenvalue weighted by Gasteiger charge is 2.18. The fraction of sp³-hybridized carbons (Fsp3) is 0.438. The van der Waals surface area contributed by atoms with Gasteiger partial charge in [-0.2, -0.15) is 0 Å². The summed E-state index contributed by atoms with van der Waals surface area (Å²) in [6.45, 7) is 5.14. The van der Waals surface area contributed by atoms with Crippen molar-refractivity contribution in [3.05, 3.63) is 40.2 Å². The predicted molar refractivity (Wildman–Crippen MR) is 97.4 cm³/mol. The minimum atomic E-state index is -0.368. The van der Waals surface area contributed by atoms with Gasteiger partial charge in [0.1, 0.15) is 11.3 Å². The maximum atomic E-state index is 11.7. The van der Waals surface area contributed by atoms with Gasteiger partial charge < -0.3 is 14.6 Å². The van der Waals surface area contributed by atoms with Crippen molar-refractivity contribution < 1.29 is 14.6 Å². The topological polar surface area (TPSA) is 77.2 Å². The van der Waals surface area contributed by atoms with E-state index in [1.807, 2.05) is 0 Å². The van der Waals surface area contributed by atoms with Crippen molar-refractivity contribution >= 4 is 35.8 Å². The van der Waals surface area contributed by atoms with E-state index in [-0.39, 0.29) is 42.8 Å². The number of piperazine rings is 1. The maximum Gasteiger partial charge on any atom is 0.336 e. The average Bonchev–Trinajstić information content (AvgIpc) is 2.50. The van der Waals surface area contributed by atoms with Crippen molar-refractivity contribution in [1.82, 2.24) is 9.80 Å². The van der Waals surface area contributed by atoms with Gasteiger partial charge in [0.25, 0.3) is 0 Å². The number of halogens is 2. The van der Waals surface area contributed by atoms with Gasteiger partial charge in [0, 0.05) is 50.7 Å². The molecule has 24 heavy (non-hydrogen) atoms. The second kappa shape index (κ2) is 9.25. The van der Waals surface area contributed by atoms with Crippen LogP contribution in [0.25, 0.3) is 11.0 Å². The summed E-state index contributed by atoms with van der Waals surface area (Å²) in [4.78, 5) is 16.2. The monoisotopic (exact) mass is 376 g/mol. The van der Waals surface area contributed by atoms with Gasteiger partial charge >= 0.3 is 5.63 Å². The predicted octanol–water partition coefficient (Wildman–Crippen LogP) is 1.45. The van der Waals surface area contributed by atoms with Crippen LogP contribution in [0.4, 0.5) is 0 Å². The molecule has 0 bridgehead atoms. The molecule has 1 fully saturated rings. The molecule has 8 heteroatoms. The van der Waals surface area contributed by atoms with Gasteiger partial charge in [0.2, 0.25) is 0 Å². The number of aliphatic hydroxyl groups is 1. The number of nitrogens with zero attached hydrogens (tertiary/aromatic N) is 2. The molecule has 3 rings (SSSR count). The SMILES string of the molecule is Cl.Cl.O=c1cc(CN2CCN(CCO)CC2)c2cc(O)ccc2o1. The molecule has 1 aromatic carbocycles. The molecule has 0 radical (unpaired) electrons. The number of β-amino-alcohol motifs (C(OH)–C–C–N with tert-alkyl or cyclic N) is 1. The van der Waals surface area contributed by atoms with E-state index in [1.165, 1.54) is 12.1 Å². The third-order valence-corrected chi connectivity index (χ3v) is 4.09. The van der Waals surface area contributed by atoms with Crippen LogP contribution in [-0.4, -0.2) is 59.3 Å². The third kappa shape index (κ3) is 4.84. The third-order valence-electron chi connectivity index (χ3n) is 4.09. The Balaban J connectivity index is 0.00000144. The number of benzene rings is 1. The van der Waals surface area contributed by atoms with Gasteiger partial charge in [0.15, 0.2) is 0 Å². The van der Waals surface area contributed by atoms with Crippen LogP contribution < -0.4 is 5.63 Å². The van der Waals surface area contributed by atoms with Gasteiger partial charge in [-0.25, -0.2) is 4.79 Å². The number of hydrogen-bond donors (Lipinski definition) is 2. The first-order chi connectivity index (χ1) is 10.7. The zero-order valence-electron chi connectivity index (χ0n) is 13.2. The number of aromatic hydroxyl groups is 1. The Labute approximate surface area is 152 Å². The lowest BCUT2D eigenvalue weighted by atomic mass is 10.1. The van der Waals surface area contributed by atoms with Crippen molar-refractivity contribution in [3.63, 3.8) is 0 Å². The molecule has 1 aliphatic heterocycles. The number of rotatable bonds is 4. The lowest BCUT2D eigenvalue weighted by Crippen LogP contribution is -2.46. The van der Waals surface area contributed by atoms with E-state index < -0.39 is 0 Å². The number of aliphatic hydroxyl groups excluding tert-OH is 1. The molecule has 1 aliphatic rings. The summed E-state index contributed by atoms with van der Waals surface area (Å²) in [5.74, 6) is 0.162. The minimum absolute atomic E-state index is 0. The van der Waals surface area contributed by atoms with Crippen LogP contribution in [0.2, 0.25) is 0 Å². The summed E-state index contributed by atoms with van der Waals surface area (Å²) in [5, 5.41) is 19.4. The molecule has 2 aromatic rings. The van der Waals surface area contributed by atoms with Crippen LogP contribution >= 0.6 is 24.8 Å². The van der Waals surface area contributed by atoms with Crippen molar-refractivity contribution in [3.8, 4) is 5.75 Å². The molecule has 0 atom stereocenters. The highest BCUT2D eigenvalue weighted by atomic mass is 35.5. The average molecular weight is 377 g/mol. The smallest absolute Gasteiger partial charge is 0.336 e. The zero-order valence-corrected chi connectivity index (χ0v) is 14.8. The van der Waals surface area contributed by atoms with Crippen LogP contribution in [0, 0.1) is 0 Å². The highest BCUT2D eigenvalue weighted by Crippen LogP contribution is 2.23. The van der Waals surface area contributed by atoms with E-state index in [4.69, 9.17) is 9.52 Å². The molecule has 0 saturated carbocycles. The molecule has 0 amide bonds. The Kier molecular flexibility index (Phi) is 7.99. The van der Waals surface area contributed by atoms with Crippen molar-refractivity contribution in [1.29, 1.82) is 0 Å². The second-order valence-corrected chi connectivity index (χ2v) is 5.61. The molecule has 134 valence electrons. The molecule has 2 heterocycles. The number of phenolic OH excluding ortho intramolecular Hbond substituents is 1. The van der Waals surface area contributed by atoms with Crippen molar-refractivity contribution in [2.75, 3.05) is 39.3 Å². The van der Waals surface area contributed by atoms with Crippen LogP contribution in [0.5, 0.6) is 5.75 Å². The fourth-order valence-electron chi connectivity index (χ4n) is 2.90. The maximum absolute atomic E-state index is 11.7. The van der Waals surface area contributed by atoms with Crippen LogP contribution in [0.1, 0.15) is 5.56 Å². The second-order valence-electron chi connectivity index (χ2n) is 5.61. The summed E-state index contributed by atoms with van der Waals surface area (Å²) in [5.41, 5.74) is 1.00. The normalized spacial score (nSPS) is 15.7. The van der Waals surface area contributed by atoms with Crippen molar-refractivity contribution in [2.24, 2.45) is 0 Å². The molecular weight excluding hydrogens is 355 g/mol. The Morgan fingerprint density at radius 1 is 1.04 bits per heavy atom. The van der Waals surface area contributed by atoms with Crippen molar-refractivity contribution in [2.45, 2.75) is 6.54 Å². The fourth-order valence-corrected chi connectivity index (χ4v) is 2.90. The van der Waals surface area contributed by atoms with Gasteiger partial charge in [0.05, 0.1) is 6.61 Å². The Morgan fingerprint density at radius 3 is 2.38 bits per heavy atom. The van der Waals surface area contributed by atoms with Gasteiger partial charge in [-0.1, -0.05) is 0 Å². The van der Waals surface area contributed by atoms with Gasteiger partial charge in [-0.05, 0) is 23.8 Å². The zero-order chi connectivity index (χ0) is 15.5. The Bertz CT molecular complexity index is 715. The number of phenols is 1. The molecular formula is C16H22Cl2N2O4. The number of hydrogen-bond acceptors (Lipinski definition) is 6. The van der Waals surface area contributed by atoms with E-state index >= 15 is 0 Å². The van der Waals surface area contributed by atoms with E-state index in [2.05, 4.69) is 9.80 Å². The molecule has 1 saturated heterocycles. The first-order valence-electron chi connectivity index (χ1n) is 7.47. The lowest BCUT2D eigenvalue weighted by molar-refractivity contribution is 0.108. The summed E-state index contributed by atoms with van der Waals surface area (Å²) in [6.07, 6.45) is 0. The molecule has 0 unspecified atom stereocenters. The van der Waals surface area contributed by atoms with E-state index in [0.29, 0.717) is 18.7 Å². The Morgan fingerprint density at radius 2 is 1.71 bits per heavy atom.